The molecule has 1 heterocycles. The summed E-state index contributed by atoms with van der Waals surface area (Å²) in [6, 6.07) is 5.18. The van der Waals surface area contributed by atoms with Crippen molar-refractivity contribution in [1.29, 1.82) is 0 Å². The average molecular weight is 311 g/mol. The summed E-state index contributed by atoms with van der Waals surface area (Å²) in [6.45, 7) is 5.77. The Morgan fingerprint density at radius 3 is 2.57 bits per heavy atom. The smallest absolute Gasteiger partial charge is 0.242 e. The van der Waals surface area contributed by atoms with Gasteiger partial charge in [0.1, 0.15) is 0 Å². The summed E-state index contributed by atoms with van der Waals surface area (Å²) in [5, 5.41) is 0. The number of nitrogens with two attached hydrogens (primary N) is 1. The van der Waals surface area contributed by atoms with E-state index in [4.69, 9.17) is 5.73 Å². The summed E-state index contributed by atoms with van der Waals surface area (Å²) in [5.74, 6) is 0. The van der Waals surface area contributed by atoms with Gasteiger partial charge in [-0.15, -0.1) is 0 Å². The Morgan fingerprint density at radius 1 is 1.29 bits per heavy atom. The van der Waals surface area contributed by atoms with Gasteiger partial charge in [0.15, 0.2) is 0 Å². The van der Waals surface area contributed by atoms with Crippen LogP contribution >= 0.6 is 0 Å². The molecule has 2 rings (SSSR count). The van der Waals surface area contributed by atoms with Crippen LogP contribution < -0.4 is 5.73 Å². The highest BCUT2D eigenvalue weighted by Crippen LogP contribution is 2.18. The van der Waals surface area contributed by atoms with Gasteiger partial charge in [-0.3, -0.25) is 0 Å². The first-order valence-corrected chi connectivity index (χ1v) is 8.87. The van der Waals surface area contributed by atoms with Crippen LogP contribution in [0.4, 0.5) is 0 Å². The van der Waals surface area contributed by atoms with Gasteiger partial charge in [-0.25, -0.2) is 8.42 Å². The SMILES string of the molecule is Cc1ccc(S(=O)(=O)N(C)CCN2CCCC2)cc1CN. The number of sulfonamides is 1. The summed E-state index contributed by atoms with van der Waals surface area (Å²) in [4.78, 5) is 2.64. The Kier molecular flexibility index (Phi) is 5.37. The van der Waals surface area contributed by atoms with Gasteiger partial charge < -0.3 is 10.6 Å². The van der Waals surface area contributed by atoms with Crippen molar-refractivity contribution in [3.63, 3.8) is 0 Å². The standard InChI is InChI=1S/C15H25N3O2S/c1-13-5-6-15(11-14(13)12-16)21(19,20)17(2)9-10-18-7-3-4-8-18/h5-6,11H,3-4,7-10,12,16H2,1-2H3. The number of hydrogen-bond acceptors (Lipinski definition) is 4. The zero-order chi connectivity index (χ0) is 15.5. The highest BCUT2D eigenvalue weighted by atomic mass is 32.2. The van der Waals surface area contributed by atoms with Crippen molar-refractivity contribution < 1.29 is 8.42 Å². The number of hydrogen-bond donors (Lipinski definition) is 1. The van der Waals surface area contributed by atoms with Crippen LogP contribution in [0, 0.1) is 6.92 Å². The van der Waals surface area contributed by atoms with E-state index in [9.17, 15) is 8.42 Å². The Bertz CT molecular complexity index is 581. The van der Waals surface area contributed by atoms with Crippen molar-refractivity contribution in [3.05, 3.63) is 29.3 Å². The van der Waals surface area contributed by atoms with Gasteiger partial charge in [0, 0.05) is 26.7 Å². The molecule has 0 radical (unpaired) electrons. The van der Waals surface area contributed by atoms with Crippen molar-refractivity contribution in [2.45, 2.75) is 31.2 Å². The third-order valence-corrected chi connectivity index (χ3v) is 6.03. The fraction of sp³-hybridized carbons (Fsp3) is 0.600. The lowest BCUT2D eigenvalue weighted by molar-refractivity contribution is 0.310. The van der Waals surface area contributed by atoms with E-state index < -0.39 is 10.0 Å². The van der Waals surface area contributed by atoms with Gasteiger partial charge >= 0.3 is 0 Å². The second-order valence-electron chi connectivity index (χ2n) is 5.67. The molecule has 6 heteroatoms. The Balaban J connectivity index is 2.08. The summed E-state index contributed by atoms with van der Waals surface area (Å²) >= 11 is 0. The predicted octanol–water partition coefficient (Wildman–Crippen LogP) is 1.17. The van der Waals surface area contributed by atoms with Crippen LogP contribution in [-0.2, 0) is 16.6 Å². The minimum Gasteiger partial charge on any atom is -0.326 e. The third kappa shape index (κ3) is 3.83. The van der Waals surface area contributed by atoms with E-state index in [1.165, 1.54) is 17.1 Å². The molecule has 0 spiro atoms. The number of aryl methyl sites for hydroxylation is 1. The maximum atomic E-state index is 12.6. The first-order valence-electron chi connectivity index (χ1n) is 7.43. The Morgan fingerprint density at radius 2 is 1.95 bits per heavy atom. The molecule has 1 aliphatic heterocycles. The minimum atomic E-state index is -3.43. The second-order valence-corrected chi connectivity index (χ2v) is 7.71. The maximum absolute atomic E-state index is 12.6. The highest BCUT2D eigenvalue weighted by molar-refractivity contribution is 7.89. The summed E-state index contributed by atoms with van der Waals surface area (Å²) < 4.78 is 26.6. The lowest BCUT2D eigenvalue weighted by atomic mass is 10.1. The van der Waals surface area contributed by atoms with E-state index in [2.05, 4.69) is 4.90 Å². The van der Waals surface area contributed by atoms with Crippen LogP contribution in [0.15, 0.2) is 23.1 Å². The molecule has 1 aromatic carbocycles. The molecule has 1 fully saturated rings. The molecule has 0 unspecified atom stereocenters. The molecule has 1 aliphatic rings. The molecular formula is C15H25N3O2S. The van der Waals surface area contributed by atoms with Gasteiger partial charge in [-0.05, 0) is 56.1 Å². The van der Waals surface area contributed by atoms with Crippen LogP contribution in [0.2, 0.25) is 0 Å². The van der Waals surface area contributed by atoms with E-state index in [0.29, 0.717) is 18.0 Å². The molecule has 0 amide bonds. The molecule has 1 saturated heterocycles. The van der Waals surface area contributed by atoms with Gasteiger partial charge in [-0.1, -0.05) is 6.07 Å². The quantitative estimate of drug-likeness (QED) is 0.856. The number of rotatable bonds is 6. The largest absolute Gasteiger partial charge is 0.326 e. The van der Waals surface area contributed by atoms with E-state index in [1.807, 2.05) is 13.0 Å². The summed E-state index contributed by atoms with van der Waals surface area (Å²) in [7, 11) is -1.78. The lowest BCUT2D eigenvalue weighted by Gasteiger charge is -2.21. The first kappa shape index (κ1) is 16.4. The van der Waals surface area contributed by atoms with Crippen LogP contribution in [-0.4, -0.2) is 50.8 Å². The normalized spacial score (nSPS) is 16.8. The van der Waals surface area contributed by atoms with Crippen molar-refractivity contribution in [3.8, 4) is 0 Å². The summed E-state index contributed by atoms with van der Waals surface area (Å²) in [5.41, 5.74) is 7.57. The molecule has 0 bridgehead atoms. The molecule has 1 aromatic rings. The number of likely N-dealkylation sites (tertiary alicyclic amines) is 1. The molecule has 0 aromatic heterocycles. The monoisotopic (exact) mass is 311 g/mol. The van der Waals surface area contributed by atoms with Crippen LogP contribution in [0.1, 0.15) is 24.0 Å². The van der Waals surface area contributed by atoms with Crippen LogP contribution in [0.3, 0.4) is 0 Å². The first-order chi connectivity index (χ1) is 9.95. The summed E-state index contributed by atoms with van der Waals surface area (Å²) in [6.07, 6.45) is 2.43. The highest BCUT2D eigenvalue weighted by Gasteiger charge is 2.22. The lowest BCUT2D eigenvalue weighted by Crippen LogP contribution is -2.35. The van der Waals surface area contributed by atoms with Crippen molar-refractivity contribution in [2.24, 2.45) is 5.73 Å². The van der Waals surface area contributed by atoms with Gasteiger partial charge in [0.25, 0.3) is 0 Å². The van der Waals surface area contributed by atoms with Crippen LogP contribution in [0.5, 0.6) is 0 Å². The topological polar surface area (TPSA) is 66.6 Å². The Labute approximate surface area is 127 Å². The number of likely N-dealkylation sites (N-methyl/N-ethyl adjacent to an activating group) is 1. The molecule has 0 aliphatic carbocycles. The fourth-order valence-electron chi connectivity index (χ4n) is 2.62. The zero-order valence-corrected chi connectivity index (χ0v) is 13.7. The number of nitrogens with zero attached hydrogens (tertiary/aromatic N) is 2. The molecule has 118 valence electrons. The molecule has 5 nitrogen and oxygen atoms in total. The molecule has 21 heavy (non-hydrogen) atoms. The zero-order valence-electron chi connectivity index (χ0n) is 12.9. The Hall–Kier alpha value is -0.950. The van der Waals surface area contributed by atoms with E-state index in [1.54, 1.807) is 19.2 Å². The van der Waals surface area contributed by atoms with Gasteiger partial charge in [-0.2, -0.15) is 4.31 Å². The van der Waals surface area contributed by atoms with Crippen molar-refractivity contribution in [1.82, 2.24) is 9.21 Å². The van der Waals surface area contributed by atoms with Crippen LogP contribution in [0.25, 0.3) is 0 Å². The van der Waals surface area contributed by atoms with Crippen molar-refractivity contribution >= 4 is 10.0 Å². The number of benzene rings is 1. The van der Waals surface area contributed by atoms with Gasteiger partial charge in [0.05, 0.1) is 4.90 Å². The second kappa shape index (κ2) is 6.87. The van der Waals surface area contributed by atoms with E-state index >= 15 is 0 Å². The van der Waals surface area contributed by atoms with Crippen molar-refractivity contribution in [2.75, 3.05) is 33.2 Å². The average Bonchev–Trinajstić information content (AvgIpc) is 2.98. The molecule has 0 atom stereocenters. The maximum Gasteiger partial charge on any atom is 0.242 e. The van der Waals surface area contributed by atoms with E-state index in [0.717, 1.165) is 30.8 Å². The fourth-order valence-corrected chi connectivity index (χ4v) is 3.83. The predicted molar refractivity (Wildman–Crippen MR) is 84.6 cm³/mol. The third-order valence-electron chi connectivity index (χ3n) is 4.18. The minimum absolute atomic E-state index is 0.331. The van der Waals surface area contributed by atoms with E-state index in [-0.39, 0.29) is 0 Å². The molecule has 2 N–H and O–H groups in total. The van der Waals surface area contributed by atoms with Gasteiger partial charge in [0.2, 0.25) is 10.0 Å². The molecule has 0 saturated carbocycles. The molecular weight excluding hydrogens is 286 g/mol.